The van der Waals surface area contributed by atoms with E-state index in [9.17, 15) is 4.79 Å². The second kappa shape index (κ2) is 6.48. The molecule has 1 aromatic carbocycles. The molecule has 5 heteroatoms. The highest BCUT2D eigenvalue weighted by molar-refractivity contribution is 6.04. The number of aromatic amines is 1. The minimum atomic E-state index is -0.102. The number of carbonyl (C=O) groups excluding carboxylic acids is 1. The van der Waals surface area contributed by atoms with E-state index < -0.39 is 0 Å². The summed E-state index contributed by atoms with van der Waals surface area (Å²) < 4.78 is 0. The molecule has 2 atom stereocenters. The summed E-state index contributed by atoms with van der Waals surface area (Å²) in [5.41, 5.74) is 1.37. The Morgan fingerprint density at radius 1 is 1.50 bits per heavy atom. The molecule has 0 bridgehead atoms. The van der Waals surface area contributed by atoms with Crippen LogP contribution in [0.2, 0.25) is 0 Å². The minimum absolute atomic E-state index is 0.102. The van der Waals surface area contributed by atoms with E-state index in [0.29, 0.717) is 5.69 Å². The number of carbonyl (C=O) groups is 1. The average Bonchev–Trinajstić information content (AvgIpc) is 2.91. The van der Waals surface area contributed by atoms with Gasteiger partial charge in [-0.2, -0.15) is 5.10 Å². The van der Waals surface area contributed by atoms with Gasteiger partial charge in [-0.25, -0.2) is 0 Å². The van der Waals surface area contributed by atoms with Gasteiger partial charge in [-0.1, -0.05) is 25.1 Å². The third-order valence-electron chi connectivity index (χ3n) is 4.34. The molecule has 2 N–H and O–H groups in total. The van der Waals surface area contributed by atoms with Crippen LogP contribution in [0, 0.1) is 5.92 Å². The highest BCUT2D eigenvalue weighted by Gasteiger charge is 2.20. The van der Waals surface area contributed by atoms with Crippen LogP contribution in [0.4, 0.5) is 0 Å². The second-order valence-corrected chi connectivity index (χ2v) is 6.50. The molecule has 22 heavy (non-hydrogen) atoms. The normalized spacial score (nSPS) is 20.9. The van der Waals surface area contributed by atoms with E-state index in [2.05, 4.69) is 34.3 Å². The maximum Gasteiger partial charge on any atom is 0.272 e. The highest BCUT2D eigenvalue weighted by atomic mass is 16.2. The number of benzene rings is 1. The predicted molar refractivity (Wildman–Crippen MR) is 87.9 cm³/mol. The highest BCUT2D eigenvalue weighted by Crippen LogP contribution is 2.17. The van der Waals surface area contributed by atoms with E-state index >= 15 is 0 Å². The lowest BCUT2D eigenvalue weighted by Gasteiger charge is -2.32. The van der Waals surface area contributed by atoms with Crippen LogP contribution in [0.3, 0.4) is 0 Å². The summed E-state index contributed by atoms with van der Waals surface area (Å²) in [6, 6.07) is 7.83. The van der Waals surface area contributed by atoms with Crippen molar-refractivity contribution in [3.8, 4) is 0 Å². The maximum absolute atomic E-state index is 12.4. The molecular weight excluding hydrogens is 276 g/mol. The van der Waals surface area contributed by atoms with Crippen molar-refractivity contribution < 1.29 is 4.79 Å². The quantitative estimate of drug-likeness (QED) is 0.911. The van der Waals surface area contributed by atoms with Crippen molar-refractivity contribution in [2.24, 2.45) is 5.92 Å². The van der Waals surface area contributed by atoms with E-state index in [1.54, 1.807) is 0 Å². The van der Waals surface area contributed by atoms with Gasteiger partial charge in [-0.05, 0) is 38.3 Å². The summed E-state index contributed by atoms with van der Waals surface area (Å²) in [5.74, 6) is 0.655. The summed E-state index contributed by atoms with van der Waals surface area (Å²) >= 11 is 0. The fourth-order valence-corrected chi connectivity index (χ4v) is 3.31. The SMILES string of the molecule is C[C@H]1CCCN(C[C@H](C)NC(=O)c2n[nH]c3ccccc23)C1. The van der Waals surface area contributed by atoms with Gasteiger partial charge >= 0.3 is 0 Å². The van der Waals surface area contributed by atoms with E-state index in [1.807, 2.05) is 24.3 Å². The fraction of sp³-hybridized carbons (Fsp3) is 0.529. The lowest BCUT2D eigenvalue weighted by Crippen LogP contribution is -2.45. The first-order valence-corrected chi connectivity index (χ1v) is 8.10. The van der Waals surface area contributed by atoms with Crippen LogP contribution in [0.15, 0.2) is 24.3 Å². The number of piperidine rings is 1. The first-order valence-electron chi connectivity index (χ1n) is 8.10. The number of likely N-dealkylation sites (tertiary alicyclic amines) is 1. The number of hydrogen-bond acceptors (Lipinski definition) is 3. The van der Waals surface area contributed by atoms with Crippen LogP contribution in [-0.2, 0) is 0 Å². The van der Waals surface area contributed by atoms with Crippen LogP contribution in [0.25, 0.3) is 10.9 Å². The smallest absolute Gasteiger partial charge is 0.272 e. The molecular formula is C17H24N4O. The van der Waals surface area contributed by atoms with Gasteiger partial charge < -0.3 is 10.2 Å². The zero-order valence-electron chi connectivity index (χ0n) is 13.3. The molecule has 0 radical (unpaired) electrons. The molecule has 1 saturated heterocycles. The first kappa shape index (κ1) is 15.0. The van der Waals surface area contributed by atoms with Crippen LogP contribution in [0.1, 0.15) is 37.2 Å². The molecule has 0 saturated carbocycles. The fourth-order valence-electron chi connectivity index (χ4n) is 3.31. The van der Waals surface area contributed by atoms with Crippen molar-refractivity contribution in [3.05, 3.63) is 30.0 Å². The summed E-state index contributed by atoms with van der Waals surface area (Å²) in [5, 5.41) is 11.0. The summed E-state index contributed by atoms with van der Waals surface area (Å²) in [6.45, 7) is 7.52. The van der Waals surface area contributed by atoms with Gasteiger partial charge in [0.2, 0.25) is 0 Å². The maximum atomic E-state index is 12.4. The minimum Gasteiger partial charge on any atom is -0.347 e. The lowest BCUT2D eigenvalue weighted by atomic mass is 10.00. The molecule has 1 aromatic heterocycles. The number of aromatic nitrogens is 2. The van der Waals surface area contributed by atoms with Crippen molar-refractivity contribution in [1.29, 1.82) is 0 Å². The molecule has 0 unspecified atom stereocenters. The number of hydrogen-bond donors (Lipinski definition) is 2. The van der Waals surface area contributed by atoms with E-state index in [4.69, 9.17) is 0 Å². The van der Waals surface area contributed by atoms with Gasteiger partial charge in [0, 0.05) is 24.5 Å². The zero-order chi connectivity index (χ0) is 15.5. The Morgan fingerprint density at radius 3 is 3.14 bits per heavy atom. The Kier molecular flexibility index (Phi) is 4.43. The summed E-state index contributed by atoms with van der Waals surface area (Å²) in [4.78, 5) is 14.9. The molecule has 2 aromatic rings. The molecule has 1 amide bonds. The number of para-hydroxylation sites is 1. The Hall–Kier alpha value is -1.88. The van der Waals surface area contributed by atoms with Gasteiger partial charge in [0.05, 0.1) is 5.52 Å². The van der Waals surface area contributed by atoms with Crippen molar-refractivity contribution in [3.63, 3.8) is 0 Å². The number of fused-ring (bicyclic) bond motifs is 1. The number of rotatable bonds is 4. The number of H-pyrrole nitrogens is 1. The molecule has 1 aliphatic rings. The zero-order valence-corrected chi connectivity index (χ0v) is 13.3. The van der Waals surface area contributed by atoms with Gasteiger partial charge in [-0.3, -0.25) is 9.89 Å². The van der Waals surface area contributed by atoms with Crippen LogP contribution in [-0.4, -0.2) is 46.7 Å². The Balaban J connectivity index is 1.61. The molecule has 1 aliphatic heterocycles. The number of amides is 1. The van der Waals surface area contributed by atoms with Crippen LogP contribution >= 0.6 is 0 Å². The Morgan fingerprint density at radius 2 is 2.32 bits per heavy atom. The molecule has 118 valence electrons. The van der Waals surface area contributed by atoms with Gasteiger partial charge in [0.25, 0.3) is 5.91 Å². The second-order valence-electron chi connectivity index (χ2n) is 6.50. The van der Waals surface area contributed by atoms with Crippen LogP contribution in [0.5, 0.6) is 0 Å². The molecule has 2 heterocycles. The number of nitrogens with one attached hydrogen (secondary N) is 2. The topological polar surface area (TPSA) is 61.0 Å². The molecule has 5 nitrogen and oxygen atoms in total. The Bertz CT molecular complexity index is 651. The first-order chi connectivity index (χ1) is 10.6. The van der Waals surface area contributed by atoms with Gasteiger partial charge in [0.15, 0.2) is 5.69 Å². The standard InChI is InChI=1S/C17H24N4O/c1-12-6-5-9-21(10-12)11-13(2)18-17(22)16-14-7-3-4-8-15(14)19-20-16/h3-4,7-8,12-13H,5-6,9-11H2,1-2H3,(H,18,22)(H,19,20)/t12-,13-/m0/s1. The molecule has 3 rings (SSSR count). The largest absolute Gasteiger partial charge is 0.347 e. The third kappa shape index (κ3) is 3.30. The van der Waals surface area contributed by atoms with Crippen molar-refractivity contribution >= 4 is 16.8 Å². The lowest BCUT2D eigenvalue weighted by molar-refractivity contribution is 0.0916. The Labute approximate surface area is 131 Å². The van der Waals surface area contributed by atoms with E-state index in [0.717, 1.165) is 36.5 Å². The summed E-state index contributed by atoms with van der Waals surface area (Å²) in [6.07, 6.45) is 2.57. The predicted octanol–water partition coefficient (Wildman–Crippen LogP) is 2.41. The van der Waals surface area contributed by atoms with Crippen LogP contribution < -0.4 is 5.32 Å². The average molecular weight is 300 g/mol. The molecule has 1 fully saturated rings. The van der Waals surface area contributed by atoms with Crippen molar-refractivity contribution in [2.75, 3.05) is 19.6 Å². The number of nitrogens with zero attached hydrogens (tertiary/aromatic N) is 2. The summed E-state index contributed by atoms with van der Waals surface area (Å²) in [7, 11) is 0. The molecule has 0 aliphatic carbocycles. The van der Waals surface area contributed by atoms with Crippen molar-refractivity contribution in [1.82, 2.24) is 20.4 Å². The monoisotopic (exact) mass is 300 g/mol. The third-order valence-corrected chi connectivity index (χ3v) is 4.34. The van der Waals surface area contributed by atoms with E-state index in [-0.39, 0.29) is 11.9 Å². The van der Waals surface area contributed by atoms with Gasteiger partial charge in [0.1, 0.15) is 0 Å². The molecule has 0 spiro atoms. The van der Waals surface area contributed by atoms with E-state index in [1.165, 1.54) is 12.8 Å². The van der Waals surface area contributed by atoms with Crippen molar-refractivity contribution in [2.45, 2.75) is 32.7 Å². The van der Waals surface area contributed by atoms with Gasteiger partial charge in [-0.15, -0.1) is 0 Å².